The van der Waals surface area contributed by atoms with Crippen LogP contribution in [-0.2, 0) is 10.0 Å². The van der Waals surface area contributed by atoms with Gasteiger partial charge in [-0.15, -0.1) is 11.3 Å². The molecule has 226 valence electrons. The first-order valence-corrected chi connectivity index (χ1v) is 16.2. The normalized spacial score (nSPS) is 17.8. The van der Waals surface area contributed by atoms with Gasteiger partial charge in [0.15, 0.2) is 0 Å². The van der Waals surface area contributed by atoms with E-state index < -0.39 is 22.2 Å². The second-order valence-corrected chi connectivity index (χ2v) is 13.6. The molecule has 43 heavy (non-hydrogen) atoms. The highest BCUT2D eigenvalue weighted by atomic mass is 32.2. The molecule has 3 amide bonds. The van der Waals surface area contributed by atoms with E-state index in [1.54, 1.807) is 36.4 Å². The Labute approximate surface area is 254 Å². The molecule has 12 heteroatoms. The van der Waals surface area contributed by atoms with E-state index in [1.165, 1.54) is 23.1 Å². The smallest absolute Gasteiger partial charge is 0.321 e. The van der Waals surface area contributed by atoms with Gasteiger partial charge in [-0.2, -0.15) is 0 Å². The molecule has 0 spiro atoms. The lowest BCUT2D eigenvalue weighted by Gasteiger charge is -2.38. The average Bonchev–Trinajstić information content (AvgIpc) is 3.55. The summed E-state index contributed by atoms with van der Waals surface area (Å²) in [4.78, 5) is 30.1. The zero-order valence-electron chi connectivity index (χ0n) is 24.1. The van der Waals surface area contributed by atoms with Crippen molar-refractivity contribution >= 4 is 55.4 Å². The Kier molecular flexibility index (Phi) is 8.90. The fraction of sp³-hybridized carbons (Fsp3) is 0.290. The second kappa shape index (κ2) is 12.6. The molecular weight excluding hydrogens is 588 g/mol. The van der Waals surface area contributed by atoms with Gasteiger partial charge < -0.3 is 25.0 Å². The lowest BCUT2D eigenvalue weighted by molar-refractivity contribution is 0.0371. The summed E-state index contributed by atoms with van der Waals surface area (Å²) < 4.78 is 34.7. The fourth-order valence-electron chi connectivity index (χ4n) is 5.02. The molecule has 3 aromatic carbocycles. The lowest BCUT2D eigenvalue weighted by Crippen LogP contribution is -2.50. The predicted molar refractivity (Wildman–Crippen MR) is 168 cm³/mol. The van der Waals surface area contributed by atoms with Gasteiger partial charge in [0.05, 0.1) is 30.4 Å². The summed E-state index contributed by atoms with van der Waals surface area (Å²) in [5.74, 6) is -0.337. The van der Waals surface area contributed by atoms with Crippen molar-refractivity contribution in [3.8, 4) is 5.75 Å². The maximum absolute atomic E-state index is 13.7. The molecule has 1 aliphatic rings. The average molecular weight is 623 g/mol. The first-order chi connectivity index (χ1) is 20.6. The van der Waals surface area contributed by atoms with Crippen LogP contribution in [0.15, 0.2) is 82.4 Å². The van der Waals surface area contributed by atoms with Crippen LogP contribution in [0, 0.1) is 5.92 Å². The number of likely N-dealkylation sites (N-methyl/N-ethyl adjacent to an activating group) is 1. The molecular formula is C31H34N4O6S2. The molecule has 10 nitrogen and oxygen atoms in total. The summed E-state index contributed by atoms with van der Waals surface area (Å²) in [6.45, 7) is 3.89. The summed E-state index contributed by atoms with van der Waals surface area (Å²) in [6.07, 6.45) is -0.517. The molecule has 1 aliphatic heterocycles. The number of carbonyl (C=O) groups is 2. The number of hydrogen-bond donors (Lipinski definition) is 3. The van der Waals surface area contributed by atoms with E-state index in [9.17, 15) is 23.1 Å². The first-order valence-electron chi connectivity index (χ1n) is 13.9. The first kappa shape index (κ1) is 30.3. The number of hydrogen-bond acceptors (Lipinski definition) is 7. The van der Waals surface area contributed by atoms with Crippen LogP contribution < -0.4 is 14.8 Å². The third kappa shape index (κ3) is 6.61. The number of ether oxygens (including phenoxy) is 1. The van der Waals surface area contributed by atoms with E-state index >= 15 is 0 Å². The highest BCUT2D eigenvalue weighted by Gasteiger charge is 2.34. The number of aliphatic hydroxyl groups excluding tert-OH is 1. The number of carbonyl (C=O) groups excluding carboxylic acids is 2. The topological polar surface area (TPSA) is 128 Å². The molecule has 1 aromatic heterocycles. The number of urea groups is 1. The number of anilines is 2. The van der Waals surface area contributed by atoms with Crippen molar-refractivity contribution < 1.29 is 27.9 Å². The minimum Gasteiger partial charge on any atom is -0.487 e. The van der Waals surface area contributed by atoms with Gasteiger partial charge in [0.25, 0.3) is 15.9 Å². The van der Waals surface area contributed by atoms with E-state index in [1.807, 2.05) is 49.4 Å². The molecule has 0 bridgehead atoms. The SMILES string of the molecule is C[C@H]1CN([C@@H](C)CO)C(=O)c2cc(NS(=O)(=O)c3cccs3)ccc2O[C@@H]1CN(C)C(=O)Nc1cccc2ccccc12. The number of benzene rings is 3. The van der Waals surface area contributed by atoms with Gasteiger partial charge in [-0.05, 0) is 48.0 Å². The Balaban J connectivity index is 1.40. The van der Waals surface area contributed by atoms with Gasteiger partial charge in [-0.3, -0.25) is 9.52 Å². The van der Waals surface area contributed by atoms with Gasteiger partial charge in [0.2, 0.25) is 0 Å². The summed E-state index contributed by atoms with van der Waals surface area (Å²) in [7, 11) is -2.16. The lowest BCUT2D eigenvalue weighted by atomic mass is 9.99. The van der Waals surface area contributed by atoms with Crippen LogP contribution in [0.25, 0.3) is 10.8 Å². The van der Waals surface area contributed by atoms with Crippen LogP contribution in [0.2, 0.25) is 0 Å². The molecule has 2 heterocycles. The van der Waals surface area contributed by atoms with Gasteiger partial charge in [0, 0.05) is 30.6 Å². The molecule has 0 saturated heterocycles. The number of nitrogens with zero attached hydrogens (tertiary/aromatic N) is 2. The molecule has 0 radical (unpaired) electrons. The molecule has 0 fully saturated rings. The molecule has 0 aliphatic carbocycles. The molecule has 4 aromatic rings. The highest BCUT2D eigenvalue weighted by molar-refractivity contribution is 7.94. The number of amides is 3. The predicted octanol–water partition coefficient (Wildman–Crippen LogP) is 5.09. The van der Waals surface area contributed by atoms with Crippen LogP contribution in [0.5, 0.6) is 5.75 Å². The number of thiophene rings is 1. The minimum absolute atomic E-state index is 0.149. The summed E-state index contributed by atoms with van der Waals surface area (Å²) >= 11 is 1.09. The highest BCUT2D eigenvalue weighted by Crippen LogP contribution is 2.32. The van der Waals surface area contributed by atoms with E-state index in [0.29, 0.717) is 5.69 Å². The van der Waals surface area contributed by atoms with Crippen LogP contribution in [0.3, 0.4) is 0 Å². The monoisotopic (exact) mass is 622 g/mol. The molecule has 5 rings (SSSR count). The Morgan fingerprint density at radius 3 is 2.65 bits per heavy atom. The van der Waals surface area contributed by atoms with Crippen molar-refractivity contribution in [2.75, 3.05) is 36.8 Å². The van der Waals surface area contributed by atoms with Gasteiger partial charge >= 0.3 is 6.03 Å². The molecule has 3 N–H and O–H groups in total. The van der Waals surface area contributed by atoms with E-state index in [4.69, 9.17) is 4.74 Å². The third-order valence-corrected chi connectivity index (χ3v) is 10.3. The van der Waals surface area contributed by atoms with E-state index in [0.717, 1.165) is 22.1 Å². The van der Waals surface area contributed by atoms with Crippen LogP contribution >= 0.6 is 11.3 Å². The summed E-state index contributed by atoms with van der Waals surface area (Å²) in [5.41, 5.74) is 1.06. The van der Waals surface area contributed by atoms with Gasteiger partial charge in [-0.1, -0.05) is 49.4 Å². The maximum atomic E-state index is 13.7. The Hall–Kier alpha value is -4.13. The Morgan fingerprint density at radius 2 is 1.91 bits per heavy atom. The number of fused-ring (bicyclic) bond motifs is 2. The zero-order valence-corrected chi connectivity index (χ0v) is 25.7. The number of nitrogens with one attached hydrogen (secondary N) is 2. The van der Waals surface area contributed by atoms with Crippen molar-refractivity contribution in [3.63, 3.8) is 0 Å². The van der Waals surface area contributed by atoms with Crippen molar-refractivity contribution in [2.45, 2.75) is 30.2 Å². The van der Waals surface area contributed by atoms with Gasteiger partial charge in [0.1, 0.15) is 16.1 Å². The van der Waals surface area contributed by atoms with Crippen molar-refractivity contribution in [1.82, 2.24) is 9.80 Å². The van der Waals surface area contributed by atoms with Crippen LogP contribution in [0.1, 0.15) is 24.2 Å². The Morgan fingerprint density at radius 1 is 1.14 bits per heavy atom. The van der Waals surface area contributed by atoms with Crippen LogP contribution in [-0.4, -0.2) is 74.2 Å². The largest absolute Gasteiger partial charge is 0.487 e. The third-order valence-electron chi connectivity index (χ3n) is 7.51. The van der Waals surface area contributed by atoms with Crippen molar-refractivity contribution in [1.29, 1.82) is 0 Å². The zero-order chi connectivity index (χ0) is 30.7. The van der Waals surface area contributed by atoms with Crippen molar-refractivity contribution in [3.05, 3.63) is 83.7 Å². The van der Waals surface area contributed by atoms with Gasteiger partial charge in [-0.25, -0.2) is 13.2 Å². The van der Waals surface area contributed by atoms with Crippen molar-refractivity contribution in [2.24, 2.45) is 5.92 Å². The minimum atomic E-state index is -3.84. The molecule has 0 saturated carbocycles. The summed E-state index contributed by atoms with van der Waals surface area (Å²) in [5, 5.41) is 16.5. The van der Waals surface area contributed by atoms with Crippen LogP contribution in [0.4, 0.5) is 16.2 Å². The fourth-order valence-corrected chi connectivity index (χ4v) is 7.07. The number of rotatable bonds is 8. The second-order valence-electron chi connectivity index (χ2n) is 10.7. The molecule has 3 atom stereocenters. The van der Waals surface area contributed by atoms with E-state index in [-0.39, 0.29) is 58.8 Å². The number of aliphatic hydroxyl groups is 1. The van der Waals surface area contributed by atoms with E-state index in [2.05, 4.69) is 10.0 Å². The number of sulfonamides is 1. The maximum Gasteiger partial charge on any atom is 0.321 e. The molecule has 0 unspecified atom stereocenters. The standard InChI is InChI=1S/C31H34N4O6S2/c1-20-17-35(21(2)19-36)30(37)25-16-23(33-43(39,40)29-12-7-15-42-29)13-14-27(25)41-28(20)18-34(3)31(38)32-26-11-6-9-22-8-4-5-10-24(22)26/h4-16,20-21,28,33,36H,17-19H2,1-3H3,(H,32,38)/t20-,21-,28+/m0/s1. The summed E-state index contributed by atoms with van der Waals surface area (Å²) in [6, 6.07) is 20.4. The Bertz CT molecular complexity index is 1720. The quantitative estimate of drug-likeness (QED) is 0.251.